The van der Waals surface area contributed by atoms with E-state index in [1.54, 1.807) is 11.7 Å². The fourth-order valence-electron chi connectivity index (χ4n) is 1.85. The average molecular weight is 215 g/mol. The number of nitrogens with zero attached hydrogens (tertiary/aromatic N) is 3. The Kier molecular flexibility index (Phi) is 2.31. The molecule has 0 aliphatic rings. The van der Waals surface area contributed by atoms with Crippen LogP contribution in [0.1, 0.15) is 30.9 Å². The van der Waals surface area contributed by atoms with Crippen molar-refractivity contribution in [2.75, 3.05) is 0 Å². The molecule has 0 amide bonds. The van der Waals surface area contributed by atoms with Gasteiger partial charge in [-0.3, -0.25) is 4.68 Å². The molecular formula is C12H13N3O. The van der Waals surface area contributed by atoms with Gasteiger partial charge in [0, 0.05) is 18.6 Å². The van der Waals surface area contributed by atoms with Gasteiger partial charge in [0.1, 0.15) is 22.9 Å². The second-order valence-electron chi connectivity index (χ2n) is 4.20. The number of hydrogen-bond acceptors (Lipinski definition) is 3. The molecule has 82 valence electrons. The van der Waals surface area contributed by atoms with Crippen molar-refractivity contribution in [3.63, 3.8) is 0 Å². The van der Waals surface area contributed by atoms with Crippen molar-refractivity contribution in [2.45, 2.75) is 19.8 Å². The van der Waals surface area contributed by atoms with Crippen LogP contribution in [0.25, 0.3) is 10.9 Å². The third-order valence-corrected chi connectivity index (χ3v) is 2.65. The van der Waals surface area contributed by atoms with Crippen LogP contribution in [0.15, 0.2) is 12.3 Å². The van der Waals surface area contributed by atoms with E-state index in [0.717, 1.165) is 10.9 Å². The molecule has 2 rings (SSSR count). The lowest BCUT2D eigenvalue weighted by molar-refractivity contribution is 0.464. The highest BCUT2D eigenvalue weighted by molar-refractivity contribution is 5.87. The van der Waals surface area contributed by atoms with Crippen molar-refractivity contribution >= 4 is 10.9 Å². The summed E-state index contributed by atoms with van der Waals surface area (Å²) in [5, 5.41) is 24.1. The first-order valence-electron chi connectivity index (χ1n) is 5.14. The first kappa shape index (κ1) is 10.5. The normalized spacial score (nSPS) is 10.9. The first-order valence-corrected chi connectivity index (χ1v) is 5.14. The molecule has 1 aromatic heterocycles. The van der Waals surface area contributed by atoms with Gasteiger partial charge in [-0.2, -0.15) is 10.4 Å². The number of phenolic OH excluding ortho intramolecular Hbond substituents is 1. The minimum absolute atomic E-state index is 0.0590. The molecule has 4 nitrogen and oxygen atoms in total. The maximum atomic E-state index is 9.99. The van der Waals surface area contributed by atoms with Crippen LogP contribution in [-0.4, -0.2) is 14.9 Å². The maximum absolute atomic E-state index is 9.99. The number of fused-ring (bicyclic) bond motifs is 1. The van der Waals surface area contributed by atoms with Crippen LogP contribution in [0.2, 0.25) is 0 Å². The Labute approximate surface area is 93.7 Å². The van der Waals surface area contributed by atoms with Crippen molar-refractivity contribution in [1.82, 2.24) is 9.78 Å². The van der Waals surface area contributed by atoms with Gasteiger partial charge >= 0.3 is 0 Å². The van der Waals surface area contributed by atoms with E-state index in [-0.39, 0.29) is 17.2 Å². The van der Waals surface area contributed by atoms with Gasteiger partial charge in [-0.1, -0.05) is 13.8 Å². The number of hydrogen-bond donors (Lipinski definition) is 1. The van der Waals surface area contributed by atoms with Crippen LogP contribution in [0.4, 0.5) is 0 Å². The Balaban J connectivity index is 2.88. The summed E-state index contributed by atoms with van der Waals surface area (Å²) in [6.45, 7) is 3.97. The minimum atomic E-state index is 0.0590. The molecular weight excluding hydrogens is 202 g/mol. The molecule has 1 heterocycles. The second kappa shape index (κ2) is 3.53. The summed E-state index contributed by atoms with van der Waals surface area (Å²) in [5.41, 5.74) is 1.62. The molecule has 0 spiro atoms. The predicted molar refractivity (Wildman–Crippen MR) is 61.2 cm³/mol. The lowest BCUT2D eigenvalue weighted by Gasteiger charge is -2.09. The van der Waals surface area contributed by atoms with E-state index >= 15 is 0 Å². The van der Waals surface area contributed by atoms with Crippen LogP contribution in [-0.2, 0) is 7.05 Å². The average Bonchev–Trinajstić information content (AvgIpc) is 2.57. The summed E-state index contributed by atoms with van der Waals surface area (Å²) in [6.07, 6.45) is 1.85. The standard InChI is InChI=1S/C12H13N3O/c1-7(2)9-4-8-6-15(3)14-11(8)10(5-13)12(9)16/h4,6-7,16H,1-3H3. The van der Waals surface area contributed by atoms with Crippen molar-refractivity contribution in [2.24, 2.45) is 7.05 Å². The highest BCUT2D eigenvalue weighted by Gasteiger charge is 2.16. The SMILES string of the molecule is CC(C)c1cc2cn(C)nc2c(C#N)c1O. The summed E-state index contributed by atoms with van der Waals surface area (Å²) in [4.78, 5) is 0. The molecule has 0 bridgehead atoms. The highest BCUT2D eigenvalue weighted by atomic mass is 16.3. The van der Waals surface area contributed by atoms with E-state index < -0.39 is 0 Å². The minimum Gasteiger partial charge on any atom is -0.506 e. The molecule has 4 heteroatoms. The number of benzene rings is 1. The van der Waals surface area contributed by atoms with Crippen molar-refractivity contribution in [3.05, 3.63) is 23.4 Å². The summed E-state index contributed by atoms with van der Waals surface area (Å²) < 4.78 is 1.65. The van der Waals surface area contributed by atoms with Crippen LogP contribution in [0.5, 0.6) is 5.75 Å². The smallest absolute Gasteiger partial charge is 0.139 e. The number of rotatable bonds is 1. The molecule has 2 aromatic rings. The van der Waals surface area contributed by atoms with E-state index in [1.165, 1.54) is 0 Å². The lowest BCUT2D eigenvalue weighted by Crippen LogP contribution is -1.92. The summed E-state index contributed by atoms with van der Waals surface area (Å²) in [7, 11) is 1.80. The van der Waals surface area contributed by atoms with E-state index in [2.05, 4.69) is 5.10 Å². The predicted octanol–water partition coefficient (Wildman–Crippen LogP) is 2.27. The Morgan fingerprint density at radius 2 is 2.19 bits per heavy atom. The van der Waals surface area contributed by atoms with Crippen LogP contribution in [0, 0.1) is 11.3 Å². The topological polar surface area (TPSA) is 61.8 Å². The monoisotopic (exact) mass is 215 g/mol. The zero-order chi connectivity index (χ0) is 11.9. The number of nitriles is 1. The van der Waals surface area contributed by atoms with Crippen LogP contribution >= 0.6 is 0 Å². The van der Waals surface area contributed by atoms with Crippen LogP contribution < -0.4 is 0 Å². The number of aromatic hydroxyl groups is 1. The fourth-order valence-corrected chi connectivity index (χ4v) is 1.85. The Morgan fingerprint density at radius 1 is 1.50 bits per heavy atom. The van der Waals surface area contributed by atoms with Gasteiger partial charge in [0.2, 0.25) is 0 Å². The lowest BCUT2D eigenvalue weighted by atomic mass is 9.97. The third-order valence-electron chi connectivity index (χ3n) is 2.65. The Morgan fingerprint density at radius 3 is 2.75 bits per heavy atom. The van der Waals surface area contributed by atoms with Crippen LogP contribution in [0.3, 0.4) is 0 Å². The van der Waals surface area contributed by atoms with E-state index in [1.807, 2.05) is 32.2 Å². The second-order valence-corrected chi connectivity index (χ2v) is 4.20. The first-order chi connectivity index (χ1) is 7.54. The van der Waals surface area contributed by atoms with Gasteiger partial charge in [0.15, 0.2) is 0 Å². The summed E-state index contributed by atoms with van der Waals surface area (Å²) >= 11 is 0. The van der Waals surface area contributed by atoms with Gasteiger partial charge < -0.3 is 5.11 Å². The molecule has 1 N–H and O–H groups in total. The fraction of sp³-hybridized carbons (Fsp3) is 0.333. The number of aryl methyl sites for hydroxylation is 1. The Hall–Kier alpha value is -2.02. The molecule has 16 heavy (non-hydrogen) atoms. The van der Waals surface area contributed by atoms with Crippen molar-refractivity contribution in [3.8, 4) is 11.8 Å². The van der Waals surface area contributed by atoms with Gasteiger partial charge in [-0.05, 0) is 17.5 Å². The molecule has 0 radical (unpaired) electrons. The zero-order valence-corrected chi connectivity index (χ0v) is 9.52. The molecule has 0 aliphatic carbocycles. The van der Waals surface area contributed by atoms with Crippen molar-refractivity contribution in [1.29, 1.82) is 5.26 Å². The Bertz CT molecular complexity index is 590. The highest BCUT2D eigenvalue weighted by Crippen LogP contribution is 2.34. The number of phenols is 1. The van der Waals surface area contributed by atoms with Gasteiger partial charge in [-0.25, -0.2) is 0 Å². The molecule has 0 aliphatic heterocycles. The summed E-state index contributed by atoms with van der Waals surface area (Å²) in [6, 6.07) is 3.91. The molecule has 0 unspecified atom stereocenters. The summed E-state index contributed by atoms with van der Waals surface area (Å²) in [5.74, 6) is 0.236. The van der Waals surface area contributed by atoms with E-state index in [9.17, 15) is 5.11 Å². The third kappa shape index (κ3) is 1.41. The van der Waals surface area contributed by atoms with E-state index in [0.29, 0.717) is 5.52 Å². The quantitative estimate of drug-likeness (QED) is 0.793. The number of aromatic nitrogens is 2. The van der Waals surface area contributed by atoms with E-state index in [4.69, 9.17) is 5.26 Å². The molecule has 0 saturated heterocycles. The largest absolute Gasteiger partial charge is 0.506 e. The molecule has 1 aromatic carbocycles. The van der Waals surface area contributed by atoms with Gasteiger partial charge in [0.25, 0.3) is 0 Å². The molecule has 0 saturated carbocycles. The maximum Gasteiger partial charge on any atom is 0.139 e. The van der Waals surface area contributed by atoms with Gasteiger partial charge in [-0.15, -0.1) is 0 Å². The van der Waals surface area contributed by atoms with Crippen molar-refractivity contribution < 1.29 is 5.11 Å². The molecule has 0 fully saturated rings. The van der Waals surface area contributed by atoms with Gasteiger partial charge in [0.05, 0.1) is 0 Å². The molecule has 0 atom stereocenters. The zero-order valence-electron chi connectivity index (χ0n) is 9.52.